The standard InChI is InChI=1S/C21H23N3O4S/c1-2-29(26,27)17-9-7-16(8-10-17)22-20(25)15-11-13-24(14-12-15)21-23-18-5-3-4-6-19(18)28-21/h3-10,15H,2,11-14H2,1H3,(H,22,25). The number of piperidine rings is 1. The van der Waals surface area contributed by atoms with E-state index in [-0.39, 0.29) is 22.5 Å². The van der Waals surface area contributed by atoms with Crippen molar-refractivity contribution in [2.24, 2.45) is 5.92 Å². The fraction of sp³-hybridized carbons (Fsp3) is 0.333. The molecule has 0 aliphatic carbocycles. The summed E-state index contributed by atoms with van der Waals surface area (Å²) < 4.78 is 29.6. The molecule has 1 fully saturated rings. The van der Waals surface area contributed by atoms with Crippen LogP contribution in [0.25, 0.3) is 11.1 Å². The molecule has 1 amide bonds. The minimum absolute atomic E-state index is 0.0479. The van der Waals surface area contributed by atoms with Crippen LogP contribution in [0.4, 0.5) is 11.7 Å². The number of aromatic nitrogens is 1. The van der Waals surface area contributed by atoms with Gasteiger partial charge in [0, 0.05) is 24.7 Å². The first-order valence-corrected chi connectivity index (χ1v) is 11.4. The molecule has 4 rings (SSSR count). The molecule has 8 heteroatoms. The number of para-hydroxylation sites is 2. The lowest BCUT2D eigenvalue weighted by Crippen LogP contribution is -2.38. The van der Waals surface area contributed by atoms with Gasteiger partial charge in [0.15, 0.2) is 15.4 Å². The molecule has 29 heavy (non-hydrogen) atoms. The molecule has 0 radical (unpaired) electrons. The van der Waals surface area contributed by atoms with Crippen molar-refractivity contribution in [1.29, 1.82) is 0 Å². The first-order chi connectivity index (χ1) is 14.0. The van der Waals surface area contributed by atoms with Crippen molar-refractivity contribution >= 4 is 38.5 Å². The first kappa shape index (κ1) is 19.4. The van der Waals surface area contributed by atoms with Gasteiger partial charge in [0.05, 0.1) is 10.6 Å². The molecule has 2 heterocycles. The quantitative estimate of drug-likeness (QED) is 0.688. The van der Waals surface area contributed by atoms with E-state index in [1.807, 2.05) is 24.3 Å². The van der Waals surface area contributed by atoms with Gasteiger partial charge in [-0.2, -0.15) is 4.98 Å². The SMILES string of the molecule is CCS(=O)(=O)c1ccc(NC(=O)C2CCN(c3nc4ccccc4o3)CC2)cc1. The fourth-order valence-corrected chi connectivity index (χ4v) is 4.37. The van der Waals surface area contributed by atoms with Crippen molar-refractivity contribution in [2.75, 3.05) is 29.1 Å². The lowest BCUT2D eigenvalue weighted by Gasteiger charge is -2.30. The summed E-state index contributed by atoms with van der Waals surface area (Å²) in [6.45, 7) is 3.00. The number of sulfone groups is 1. The minimum Gasteiger partial charge on any atom is -0.423 e. The number of carbonyl (C=O) groups is 1. The molecule has 0 spiro atoms. The number of fused-ring (bicyclic) bond motifs is 1. The van der Waals surface area contributed by atoms with Crippen molar-refractivity contribution in [1.82, 2.24) is 4.98 Å². The summed E-state index contributed by atoms with van der Waals surface area (Å²) in [7, 11) is -3.24. The molecule has 152 valence electrons. The molecule has 7 nitrogen and oxygen atoms in total. The van der Waals surface area contributed by atoms with Crippen LogP contribution in [0, 0.1) is 5.92 Å². The Hall–Kier alpha value is -2.87. The highest BCUT2D eigenvalue weighted by Gasteiger charge is 2.27. The van der Waals surface area contributed by atoms with Gasteiger partial charge in [0.1, 0.15) is 5.52 Å². The van der Waals surface area contributed by atoms with E-state index in [0.29, 0.717) is 37.6 Å². The number of benzene rings is 2. The molecule has 1 N–H and O–H groups in total. The van der Waals surface area contributed by atoms with Crippen LogP contribution in [0.15, 0.2) is 57.8 Å². The van der Waals surface area contributed by atoms with Gasteiger partial charge in [0.25, 0.3) is 6.01 Å². The van der Waals surface area contributed by atoms with Crippen LogP contribution >= 0.6 is 0 Å². The molecule has 1 saturated heterocycles. The van der Waals surface area contributed by atoms with E-state index >= 15 is 0 Å². The van der Waals surface area contributed by atoms with E-state index in [9.17, 15) is 13.2 Å². The summed E-state index contributed by atoms with van der Waals surface area (Å²) in [5, 5.41) is 2.89. The van der Waals surface area contributed by atoms with Gasteiger partial charge in [-0.1, -0.05) is 19.1 Å². The number of amides is 1. The van der Waals surface area contributed by atoms with Crippen LogP contribution in [0.1, 0.15) is 19.8 Å². The molecule has 0 unspecified atom stereocenters. The largest absolute Gasteiger partial charge is 0.423 e. The second-order valence-electron chi connectivity index (χ2n) is 7.14. The average Bonchev–Trinajstić information content (AvgIpc) is 3.18. The smallest absolute Gasteiger partial charge is 0.298 e. The second kappa shape index (κ2) is 7.87. The summed E-state index contributed by atoms with van der Waals surface area (Å²) in [6.07, 6.45) is 1.40. The maximum Gasteiger partial charge on any atom is 0.298 e. The Morgan fingerprint density at radius 2 is 1.83 bits per heavy atom. The maximum absolute atomic E-state index is 12.6. The highest BCUT2D eigenvalue weighted by atomic mass is 32.2. The van der Waals surface area contributed by atoms with Gasteiger partial charge < -0.3 is 14.6 Å². The number of anilines is 2. The first-order valence-electron chi connectivity index (χ1n) is 9.70. The summed E-state index contributed by atoms with van der Waals surface area (Å²) in [6, 6.07) is 14.6. The van der Waals surface area contributed by atoms with Crippen LogP contribution in [0.2, 0.25) is 0 Å². The van der Waals surface area contributed by atoms with Gasteiger partial charge in [-0.15, -0.1) is 0 Å². The normalized spacial score (nSPS) is 15.6. The zero-order valence-electron chi connectivity index (χ0n) is 16.2. The van der Waals surface area contributed by atoms with Crippen molar-refractivity contribution in [3.05, 3.63) is 48.5 Å². The van der Waals surface area contributed by atoms with Gasteiger partial charge in [0.2, 0.25) is 5.91 Å². The molecule has 0 atom stereocenters. The van der Waals surface area contributed by atoms with Crippen molar-refractivity contribution in [3.8, 4) is 0 Å². The number of hydrogen-bond donors (Lipinski definition) is 1. The number of carbonyl (C=O) groups excluding carboxylic acids is 1. The van der Waals surface area contributed by atoms with Gasteiger partial charge in [-0.05, 0) is 49.2 Å². The third-order valence-corrected chi connectivity index (χ3v) is 7.03. The third kappa shape index (κ3) is 4.12. The Morgan fingerprint density at radius 1 is 1.14 bits per heavy atom. The van der Waals surface area contributed by atoms with Crippen LogP contribution in [-0.4, -0.2) is 38.2 Å². The number of oxazole rings is 1. The number of hydrogen-bond acceptors (Lipinski definition) is 6. The monoisotopic (exact) mass is 413 g/mol. The highest BCUT2D eigenvalue weighted by Crippen LogP contribution is 2.27. The Kier molecular flexibility index (Phi) is 5.27. The molecule has 1 aliphatic rings. The molecular formula is C21H23N3O4S. The van der Waals surface area contributed by atoms with Crippen LogP contribution in [0.5, 0.6) is 0 Å². The molecule has 1 aromatic heterocycles. The summed E-state index contributed by atoms with van der Waals surface area (Å²) in [4.78, 5) is 19.5. The summed E-state index contributed by atoms with van der Waals surface area (Å²) in [5.74, 6) is -0.0971. The highest BCUT2D eigenvalue weighted by molar-refractivity contribution is 7.91. The predicted molar refractivity (Wildman–Crippen MR) is 112 cm³/mol. The molecule has 1 aliphatic heterocycles. The molecule has 2 aromatic carbocycles. The van der Waals surface area contributed by atoms with Crippen molar-refractivity contribution in [3.63, 3.8) is 0 Å². The van der Waals surface area contributed by atoms with Crippen molar-refractivity contribution in [2.45, 2.75) is 24.7 Å². The topological polar surface area (TPSA) is 92.5 Å². The Labute approximate surface area is 169 Å². The number of nitrogens with zero attached hydrogens (tertiary/aromatic N) is 2. The third-order valence-electron chi connectivity index (χ3n) is 5.28. The van der Waals surface area contributed by atoms with Crippen LogP contribution in [0.3, 0.4) is 0 Å². The number of rotatable bonds is 5. The number of nitrogens with one attached hydrogen (secondary N) is 1. The molecule has 0 bridgehead atoms. The van der Waals surface area contributed by atoms with Crippen LogP contribution in [-0.2, 0) is 14.6 Å². The van der Waals surface area contributed by atoms with Crippen molar-refractivity contribution < 1.29 is 17.6 Å². The summed E-state index contributed by atoms with van der Waals surface area (Å²) in [5.41, 5.74) is 2.19. The summed E-state index contributed by atoms with van der Waals surface area (Å²) >= 11 is 0. The van der Waals surface area contributed by atoms with Gasteiger partial charge in [-0.3, -0.25) is 4.79 Å². The van der Waals surface area contributed by atoms with Gasteiger partial charge >= 0.3 is 0 Å². The van der Waals surface area contributed by atoms with E-state index in [1.54, 1.807) is 19.1 Å². The van der Waals surface area contributed by atoms with E-state index in [0.717, 1.165) is 11.1 Å². The van der Waals surface area contributed by atoms with E-state index in [2.05, 4.69) is 15.2 Å². The van der Waals surface area contributed by atoms with E-state index in [1.165, 1.54) is 12.1 Å². The second-order valence-corrected chi connectivity index (χ2v) is 9.42. The fourth-order valence-electron chi connectivity index (χ4n) is 3.48. The molecular weight excluding hydrogens is 390 g/mol. The zero-order valence-corrected chi connectivity index (χ0v) is 17.0. The molecule has 3 aromatic rings. The van der Waals surface area contributed by atoms with Crippen LogP contribution < -0.4 is 10.2 Å². The Bertz CT molecular complexity index is 1080. The maximum atomic E-state index is 12.6. The average molecular weight is 413 g/mol. The molecule has 0 saturated carbocycles. The predicted octanol–water partition coefficient (Wildman–Crippen LogP) is 3.48. The zero-order chi connectivity index (χ0) is 20.4. The van der Waals surface area contributed by atoms with E-state index < -0.39 is 9.84 Å². The van der Waals surface area contributed by atoms with Gasteiger partial charge in [-0.25, -0.2) is 8.42 Å². The Balaban J connectivity index is 1.35. The lowest BCUT2D eigenvalue weighted by molar-refractivity contribution is -0.120. The Morgan fingerprint density at radius 3 is 2.48 bits per heavy atom. The minimum atomic E-state index is -3.24. The lowest BCUT2D eigenvalue weighted by atomic mass is 9.96. The van der Waals surface area contributed by atoms with E-state index in [4.69, 9.17) is 4.42 Å².